The number of aliphatic carboxylic acids is 1. The summed E-state index contributed by atoms with van der Waals surface area (Å²) in [6, 6.07) is 5.29. The highest BCUT2D eigenvalue weighted by molar-refractivity contribution is 7.16. The van der Waals surface area contributed by atoms with E-state index in [1.165, 1.54) is 16.2 Å². The van der Waals surface area contributed by atoms with Gasteiger partial charge in [0.15, 0.2) is 0 Å². The van der Waals surface area contributed by atoms with Crippen molar-refractivity contribution in [2.24, 2.45) is 0 Å². The molecular formula is C12H12N2O3S. The van der Waals surface area contributed by atoms with E-state index >= 15 is 0 Å². The Bertz CT molecular complexity index is 594. The monoisotopic (exact) mass is 264 g/mol. The van der Waals surface area contributed by atoms with Crippen LogP contribution in [0.3, 0.4) is 0 Å². The van der Waals surface area contributed by atoms with E-state index in [4.69, 9.17) is 5.11 Å². The highest BCUT2D eigenvalue weighted by Gasteiger charge is 2.13. The molecule has 1 aromatic heterocycles. The van der Waals surface area contributed by atoms with Gasteiger partial charge in [-0.1, -0.05) is 0 Å². The summed E-state index contributed by atoms with van der Waals surface area (Å²) in [6.45, 7) is 0.203. The fourth-order valence-corrected chi connectivity index (χ4v) is 2.29. The summed E-state index contributed by atoms with van der Waals surface area (Å²) in [5.74, 6) is -1.08. The third-order valence-corrected chi connectivity index (χ3v) is 3.38. The molecule has 0 atom stereocenters. The lowest BCUT2D eigenvalue weighted by Gasteiger charge is -2.15. The minimum atomic E-state index is -0.910. The number of benzene rings is 1. The van der Waals surface area contributed by atoms with Gasteiger partial charge in [0, 0.05) is 19.2 Å². The molecule has 1 heterocycles. The van der Waals surface area contributed by atoms with Crippen LogP contribution in [0.1, 0.15) is 16.8 Å². The van der Waals surface area contributed by atoms with Gasteiger partial charge in [0.1, 0.15) is 0 Å². The van der Waals surface area contributed by atoms with Gasteiger partial charge >= 0.3 is 5.97 Å². The number of rotatable bonds is 4. The zero-order valence-electron chi connectivity index (χ0n) is 9.79. The maximum Gasteiger partial charge on any atom is 0.305 e. The van der Waals surface area contributed by atoms with Gasteiger partial charge in [0.25, 0.3) is 5.91 Å². The third kappa shape index (κ3) is 2.65. The number of nitrogens with zero attached hydrogens (tertiary/aromatic N) is 2. The highest BCUT2D eigenvalue weighted by atomic mass is 32.1. The summed E-state index contributed by atoms with van der Waals surface area (Å²) in [5, 5.41) is 8.58. The molecular weight excluding hydrogens is 252 g/mol. The second kappa shape index (κ2) is 5.14. The molecule has 18 heavy (non-hydrogen) atoms. The SMILES string of the molecule is CN(CCC(=O)O)C(=O)c1ccc2ncsc2c1. The van der Waals surface area contributed by atoms with Crippen molar-refractivity contribution >= 4 is 33.4 Å². The van der Waals surface area contributed by atoms with Crippen molar-refractivity contribution in [1.29, 1.82) is 0 Å². The molecule has 0 fully saturated rings. The van der Waals surface area contributed by atoms with Crippen LogP contribution in [0.25, 0.3) is 10.2 Å². The summed E-state index contributed by atoms with van der Waals surface area (Å²) in [5.41, 5.74) is 3.15. The summed E-state index contributed by atoms with van der Waals surface area (Å²) in [7, 11) is 1.60. The van der Waals surface area contributed by atoms with E-state index in [0.717, 1.165) is 10.2 Å². The molecule has 1 amide bonds. The minimum absolute atomic E-state index is 0.0506. The molecule has 6 heteroatoms. The third-order valence-electron chi connectivity index (χ3n) is 2.59. The lowest BCUT2D eigenvalue weighted by atomic mass is 10.2. The van der Waals surface area contributed by atoms with Crippen molar-refractivity contribution in [3.05, 3.63) is 29.3 Å². The van der Waals surface area contributed by atoms with Crippen LogP contribution < -0.4 is 0 Å². The predicted molar refractivity (Wildman–Crippen MR) is 68.8 cm³/mol. The van der Waals surface area contributed by atoms with Crippen molar-refractivity contribution < 1.29 is 14.7 Å². The first-order valence-electron chi connectivity index (χ1n) is 5.38. The Morgan fingerprint density at radius 2 is 2.22 bits per heavy atom. The van der Waals surface area contributed by atoms with Crippen LogP contribution >= 0.6 is 11.3 Å². The summed E-state index contributed by atoms with van der Waals surface area (Å²) < 4.78 is 0.951. The molecule has 0 spiro atoms. The number of hydrogen-bond donors (Lipinski definition) is 1. The Hall–Kier alpha value is -1.95. The largest absolute Gasteiger partial charge is 0.481 e. The molecule has 0 radical (unpaired) electrons. The number of carbonyl (C=O) groups excluding carboxylic acids is 1. The first-order valence-corrected chi connectivity index (χ1v) is 6.26. The molecule has 2 rings (SSSR count). The van der Waals surface area contributed by atoms with Crippen molar-refractivity contribution in [3.8, 4) is 0 Å². The van der Waals surface area contributed by atoms with E-state index in [1.807, 2.05) is 0 Å². The standard InChI is InChI=1S/C12H12N2O3S/c1-14(5-4-11(15)16)12(17)8-2-3-9-10(6-8)18-7-13-9/h2-3,6-7H,4-5H2,1H3,(H,15,16). The molecule has 5 nitrogen and oxygen atoms in total. The fraction of sp³-hybridized carbons (Fsp3) is 0.250. The van der Waals surface area contributed by atoms with Crippen molar-refractivity contribution in [1.82, 2.24) is 9.88 Å². The zero-order chi connectivity index (χ0) is 13.1. The molecule has 0 aliphatic rings. The van der Waals surface area contributed by atoms with Gasteiger partial charge in [-0.2, -0.15) is 0 Å². The average molecular weight is 264 g/mol. The first kappa shape index (κ1) is 12.5. The van der Waals surface area contributed by atoms with Crippen LogP contribution in [0, 0.1) is 0 Å². The van der Waals surface area contributed by atoms with Crippen molar-refractivity contribution in [3.63, 3.8) is 0 Å². The van der Waals surface area contributed by atoms with Crippen LogP contribution in [0.15, 0.2) is 23.7 Å². The van der Waals surface area contributed by atoms with E-state index in [2.05, 4.69) is 4.98 Å². The number of fused-ring (bicyclic) bond motifs is 1. The molecule has 0 unspecified atom stereocenters. The molecule has 94 valence electrons. The topological polar surface area (TPSA) is 70.5 Å². The maximum absolute atomic E-state index is 12.0. The van der Waals surface area contributed by atoms with Crippen LogP contribution in [0.2, 0.25) is 0 Å². The molecule has 0 saturated heterocycles. The number of carboxylic acids is 1. The number of amides is 1. The van der Waals surface area contributed by atoms with E-state index in [0.29, 0.717) is 5.56 Å². The van der Waals surface area contributed by atoms with Crippen LogP contribution in [-0.4, -0.2) is 40.5 Å². The van der Waals surface area contributed by atoms with Gasteiger partial charge < -0.3 is 10.0 Å². The zero-order valence-corrected chi connectivity index (χ0v) is 10.6. The molecule has 0 saturated carbocycles. The number of thiazole rings is 1. The Morgan fingerprint density at radius 1 is 1.44 bits per heavy atom. The second-order valence-corrected chi connectivity index (χ2v) is 4.79. The molecule has 0 bridgehead atoms. The van der Waals surface area contributed by atoms with E-state index in [-0.39, 0.29) is 18.9 Å². The van der Waals surface area contributed by atoms with Gasteiger partial charge in [-0.25, -0.2) is 4.98 Å². The van der Waals surface area contributed by atoms with Crippen molar-refractivity contribution in [2.75, 3.05) is 13.6 Å². The van der Waals surface area contributed by atoms with E-state index in [1.54, 1.807) is 30.8 Å². The Kier molecular flexibility index (Phi) is 3.57. The first-order chi connectivity index (χ1) is 8.58. The lowest BCUT2D eigenvalue weighted by molar-refractivity contribution is -0.137. The summed E-state index contributed by atoms with van der Waals surface area (Å²) in [6.07, 6.45) is -0.0506. The Morgan fingerprint density at radius 3 is 2.94 bits per heavy atom. The number of hydrogen-bond acceptors (Lipinski definition) is 4. The van der Waals surface area contributed by atoms with Crippen LogP contribution in [0.5, 0.6) is 0 Å². The molecule has 1 aromatic carbocycles. The summed E-state index contributed by atoms with van der Waals surface area (Å²) in [4.78, 5) is 28.1. The minimum Gasteiger partial charge on any atom is -0.481 e. The smallest absolute Gasteiger partial charge is 0.305 e. The average Bonchev–Trinajstić information content (AvgIpc) is 2.81. The Balaban J connectivity index is 2.14. The van der Waals surface area contributed by atoms with Crippen LogP contribution in [0.4, 0.5) is 0 Å². The molecule has 0 aliphatic carbocycles. The number of aromatic nitrogens is 1. The van der Waals surface area contributed by atoms with Gasteiger partial charge in [-0.3, -0.25) is 9.59 Å². The molecule has 1 N–H and O–H groups in total. The van der Waals surface area contributed by atoms with E-state index < -0.39 is 5.97 Å². The quantitative estimate of drug-likeness (QED) is 0.914. The predicted octanol–water partition coefficient (Wildman–Crippen LogP) is 1.84. The van der Waals surface area contributed by atoms with Gasteiger partial charge in [0.05, 0.1) is 22.1 Å². The lowest BCUT2D eigenvalue weighted by Crippen LogP contribution is -2.28. The number of carbonyl (C=O) groups is 2. The normalized spacial score (nSPS) is 10.5. The van der Waals surface area contributed by atoms with Gasteiger partial charge in [-0.15, -0.1) is 11.3 Å². The maximum atomic E-state index is 12.0. The second-order valence-electron chi connectivity index (χ2n) is 3.91. The molecule has 0 aliphatic heterocycles. The highest BCUT2D eigenvalue weighted by Crippen LogP contribution is 2.19. The van der Waals surface area contributed by atoms with Gasteiger partial charge in [-0.05, 0) is 18.2 Å². The van der Waals surface area contributed by atoms with E-state index in [9.17, 15) is 9.59 Å². The van der Waals surface area contributed by atoms with Gasteiger partial charge in [0.2, 0.25) is 0 Å². The summed E-state index contributed by atoms with van der Waals surface area (Å²) >= 11 is 1.47. The number of carboxylic acid groups (broad SMARTS) is 1. The van der Waals surface area contributed by atoms with Crippen molar-refractivity contribution in [2.45, 2.75) is 6.42 Å². The van der Waals surface area contributed by atoms with Crippen LogP contribution in [-0.2, 0) is 4.79 Å². The fourth-order valence-electron chi connectivity index (χ4n) is 1.57. The Labute approximate surface area is 108 Å². The molecule has 2 aromatic rings.